The number of nitrogens with zero attached hydrogens (tertiary/aromatic N) is 1. The fourth-order valence-electron chi connectivity index (χ4n) is 2.81. The van der Waals surface area contributed by atoms with Crippen LogP contribution in [0.5, 0.6) is 0 Å². The van der Waals surface area contributed by atoms with E-state index < -0.39 is 5.82 Å². The van der Waals surface area contributed by atoms with Crippen LogP contribution < -0.4 is 5.32 Å². The Hall–Kier alpha value is -2.40. The van der Waals surface area contributed by atoms with Crippen molar-refractivity contribution in [1.82, 2.24) is 4.90 Å². The van der Waals surface area contributed by atoms with Gasteiger partial charge in [-0.2, -0.15) is 0 Å². The summed E-state index contributed by atoms with van der Waals surface area (Å²) in [6, 6.07) is 15.6. The van der Waals surface area contributed by atoms with Crippen molar-refractivity contribution >= 4 is 11.7 Å². The minimum Gasteiger partial charge on any atom is -0.376 e. The van der Waals surface area contributed by atoms with Crippen molar-refractivity contribution in [1.29, 1.82) is 0 Å². The van der Waals surface area contributed by atoms with E-state index in [1.807, 2.05) is 30.3 Å². The van der Waals surface area contributed by atoms with E-state index in [2.05, 4.69) is 5.32 Å². The first-order valence-electron chi connectivity index (χ1n) is 8.18. The number of ether oxygens (including phenoxy) is 1. The Labute approximate surface area is 141 Å². The van der Waals surface area contributed by atoms with Gasteiger partial charge in [0.15, 0.2) is 0 Å². The van der Waals surface area contributed by atoms with E-state index in [0.717, 1.165) is 25.0 Å². The summed E-state index contributed by atoms with van der Waals surface area (Å²) < 4.78 is 19.4. The molecule has 3 rings (SSSR count). The van der Waals surface area contributed by atoms with Gasteiger partial charge in [-0.3, -0.25) is 0 Å². The number of nitrogens with one attached hydrogen (secondary N) is 1. The summed E-state index contributed by atoms with van der Waals surface area (Å²) in [4.78, 5) is 14.3. The topological polar surface area (TPSA) is 41.6 Å². The van der Waals surface area contributed by atoms with Crippen molar-refractivity contribution in [2.75, 3.05) is 18.5 Å². The smallest absolute Gasteiger partial charge is 0.322 e. The van der Waals surface area contributed by atoms with Crippen molar-refractivity contribution in [2.24, 2.45) is 0 Å². The summed E-state index contributed by atoms with van der Waals surface area (Å²) in [5.74, 6) is -0.442. The van der Waals surface area contributed by atoms with Crippen molar-refractivity contribution in [3.63, 3.8) is 0 Å². The summed E-state index contributed by atoms with van der Waals surface area (Å²) in [7, 11) is 0. The number of benzene rings is 2. The highest BCUT2D eigenvalue weighted by molar-refractivity contribution is 5.89. The number of hydrogen-bond acceptors (Lipinski definition) is 2. The van der Waals surface area contributed by atoms with Gasteiger partial charge in [0, 0.05) is 19.7 Å². The van der Waals surface area contributed by atoms with Gasteiger partial charge in [-0.15, -0.1) is 0 Å². The van der Waals surface area contributed by atoms with Crippen molar-refractivity contribution in [3.05, 3.63) is 66.0 Å². The predicted molar refractivity (Wildman–Crippen MR) is 91.2 cm³/mol. The number of amides is 2. The number of halogens is 1. The Kier molecular flexibility index (Phi) is 5.43. The van der Waals surface area contributed by atoms with Crippen molar-refractivity contribution in [2.45, 2.75) is 25.5 Å². The summed E-state index contributed by atoms with van der Waals surface area (Å²) in [5.41, 5.74) is 1.21. The third-order valence-corrected chi connectivity index (χ3v) is 4.07. The van der Waals surface area contributed by atoms with Crippen LogP contribution in [-0.2, 0) is 11.3 Å². The third-order valence-electron chi connectivity index (χ3n) is 4.07. The lowest BCUT2D eigenvalue weighted by Gasteiger charge is -2.26. The van der Waals surface area contributed by atoms with Crippen LogP contribution in [-0.4, -0.2) is 30.2 Å². The highest BCUT2D eigenvalue weighted by Crippen LogP contribution is 2.18. The summed E-state index contributed by atoms with van der Waals surface area (Å²) in [6.45, 7) is 1.69. The maximum Gasteiger partial charge on any atom is 0.322 e. The molecule has 0 aromatic heterocycles. The first kappa shape index (κ1) is 16.5. The molecule has 0 aliphatic carbocycles. The van der Waals surface area contributed by atoms with Gasteiger partial charge in [-0.05, 0) is 30.5 Å². The highest BCUT2D eigenvalue weighted by Gasteiger charge is 2.23. The Morgan fingerprint density at radius 2 is 1.92 bits per heavy atom. The van der Waals surface area contributed by atoms with Crippen LogP contribution >= 0.6 is 0 Å². The Morgan fingerprint density at radius 3 is 2.62 bits per heavy atom. The summed E-state index contributed by atoms with van der Waals surface area (Å²) >= 11 is 0. The predicted octanol–water partition coefficient (Wildman–Crippen LogP) is 4.04. The zero-order valence-corrected chi connectivity index (χ0v) is 13.5. The molecule has 5 heteroatoms. The quantitative estimate of drug-likeness (QED) is 0.900. The molecule has 1 aliphatic heterocycles. The second kappa shape index (κ2) is 7.93. The Bertz CT molecular complexity index is 672. The molecule has 2 amide bonds. The van der Waals surface area contributed by atoms with E-state index >= 15 is 0 Å². The van der Waals surface area contributed by atoms with Crippen LogP contribution in [0.25, 0.3) is 0 Å². The molecule has 2 aromatic carbocycles. The minimum atomic E-state index is -0.442. The first-order chi connectivity index (χ1) is 11.7. The number of rotatable bonds is 5. The molecule has 0 spiro atoms. The van der Waals surface area contributed by atoms with Crippen molar-refractivity contribution < 1.29 is 13.9 Å². The van der Waals surface area contributed by atoms with Crippen LogP contribution in [0.3, 0.4) is 0 Å². The van der Waals surface area contributed by atoms with Crippen LogP contribution in [0.15, 0.2) is 54.6 Å². The third kappa shape index (κ3) is 4.32. The molecule has 24 heavy (non-hydrogen) atoms. The van der Waals surface area contributed by atoms with Gasteiger partial charge >= 0.3 is 6.03 Å². The van der Waals surface area contributed by atoms with Gasteiger partial charge in [-0.25, -0.2) is 9.18 Å². The molecule has 0 unspecified atom stereocenters. The summed E-state index contributed by atoms with van der Waals surface area (Å²) in [5, 5.41) is 2.66. The number of urea groups is 1. The highest BCUT2D eigenvalue weighted by atomic mass is 19.1. The van der Waals surface area contributed by atoms with Gasteiger partial charge in [-0.1, -0.05) is 42.5 Å². The van der Waals surface area contributed by atoms with Gasteiger partial charge in [0.25, 0.3) is 0 Å². The SMILES string of the molecule is O=C(Nc1ccccc1F)N(Cc1ccccc1)C[C@H]1CCCO1. The number of carbonyl (C=O) groups excluding carboxylic acids is 1. The fraction of sp³-hybridized carbons (Fsp3) is 0.316. The lowest BCUT2D eigenvalue weighted by molar-refractivity contribution is 0.0819. The first-order valence-corrected chi connectivity index (χ1v) is 8.18. The average Bonchev–Trinajstić information content (AvgIpc) is 3.10. The molecule has 0 bridgehead atoms. The van der Waals surface area contributed by atoms with Crippen molar-refractivity contribution in [3.8, 4) is 0 Å². The average molecular weight is 328 g/mol. The van der Waals surface area contributed by atoms with Crippen LogP contribution in [0.1, 0.15) is 18.4 Å². The maximum atomic E-state index is 13.8. The molecule has 1 fully saturated rings. The lowest BCUT2D eigenvalue weighted by atomic mass is 10.2. The second-order valence-corrected chi connectivity index (χ2v) is 5.91. The summed E-state index contributed by atoms with van der Waals surface area (Å²) in [6.07, 6.45) is 2.00. The van der Waals surface area contributed by atoms with Gasteiger partial charge in [0.2, 0.25) is 0 Å². The largest absolute Gasteiger partial charge is 0.376 e. The molecule has 1 saturated heterocycles. The number of anilines is 1. The molecule has 1 aliphatic rings. The van der Waals surface area contributed by atoms with E-state index in [1.165, 1.54) is 6.07 Å². The maximum absolute atomic E-state index is 13.8. The second-order valence-electron chi connectivity index (χ2n) is 5.91. The molecule has 1 heterocycles. The molecular formula is C19H21FN2O2. The van der Waals surface area contributed by atoms with E-state index in [1.54, 1.807) is 23.1 Å². The van der Waals surface area contributed by atoms with Crippen LogP contribution in [0, 0.1) is 5.82 Å². The standard InChI is InChI=1S/C19H21FN2O2/c20-17-10-4-5-11-18(17)21-19(23)22(14-16-9-6-12-24-16)13-15-7-2-1-3-8-15/h1-5,7-8,10-11,16H,6,9,12-14H2,(H,21,23)/t16-/m1/s1. The molecule has 4 nitrogen and oxygen atoms in total. The number of carbonyl (C=O) groups is 1. The molecule has 126 valence electrons. The molecular weight excluding hydrogens is 307 g/mol. The molecule has 1 N–H and O–H groups in total. The zero-order chi connectivity index (χ0) is 16.8. The molecule has 1 atom stereocenters. The van der Waals surface area contributed by atoms with E-state index in [4.69, 9.17) is 4.74 Å². The molecule has 2 aromatic rings. The number of hydrogen-bond donors (Lipinski definition) is 1. The molecule has 0 saturated carbocycles. The minimum absolute atomic E-state index is 0.0417. The molecule has 0 radical (unpaired) electrons. The van der Waals surface area contributed by atoms with E-state index in [0.29, 0.717) is 13.1 Å². The monoisotopic (exact) mass is 328 g/mol. The van der Waals surface area contributed by atoms with Gasteiger partial charge in [0.05, 0.1) is 11.8 Å². The van der Waals surface area contributed by atoms with Crippen LogP contribution in [0.4, 0.5) is 14.9 Å². The van der Waals surface area contributed by atoms with Gasteiger partial charge < -0.3 is 15.0 Å². The number of para-hydroxylation sites is 1. The Balaban J connectivity index is 1.72. The zero-order valence-electron chi connectivity index (χ0n) is 13.5. The van der Waals surface area contributed by atoms with E-state index in [-0.39, 0.29) is 17.8 Å². The Morgan fingerprint density at radius 1 is 1.17 bits per heavy atom. The van der Waals surface area contributed by atoms with Gasteiger partial charge in [0.1, 0.15) is 5.82 Å². The lowest BCUT2D eigenvalue weighted by Crippen LogP contribution is -2.39. The van der Waals surface area contributed by atoms with Crippen LogP contribution in [0.2, 0.25) is 0 Å². The normalized spacial score (nSPS) is 16.8. The fourth-order valence-corrected chi connectivity index (χ4v) is 2.81. The van der Waals surface area contributed by atoms with E-state index in [9.17, 15) is 9.18 Å².